The van der Waals surface area contributed by atoms with Crippen LogP contribution in [0.25, 0.3) is 0 Å². The molecule has 0 saturated carbocycles. The molecule has 106 valence electrons. The van der Waals surface area contributed by atoms with Crippen molar-refractivity contribution in [2.24, 2.45) is 0 Å². The van der Waals surface area contributed by atoms with Crippen molar-refractivity contribution < 1.29 is 5.11 Å². The van der Waals surface area contributed by atoms with Crippen LogP contribution in [0.1, 0.15) is 31.1 Å². The van der Waals surface area contributed by atoms with Gasteiger partial charge < -0.3 is 10.0 Å². The SMILES string of the molecule is CCN(c1ccccc1C)c1ccc([C@H](C)O)cc1Cl. The molecule has 2 rings (SSSR count). The summed E-state index contributed by atoms with van der Waals surface area (Å²) in [6, 6.07) is 14.0. The molecular weight excluding hydrogens is 270 g/mol. The number of benzene rings is 2. The minimum atomic E-state index is -0.505. The number of hydrogen-bond donors (Lipinski definition) is 1. The normalized spacial score (nSPS) is 12.2. The minimum Gasteiger partial charge on any atom is -0.389 e. The van der Waals surface area contributed by atoms with Gasteiger partial charge in [0.1, 0.15) is 0 Å². The summed E-state index contributed by atoms with van der Waals surface area (Å²) >= 11 is 6.40. The van der Waals surface area contributed by atoms with E-state index in [0.717, 1.165) is 23.5 Å². The highest BCUT2D eigenvalue weighted by Crippen LogP contribution is 2.34. The lowest BCUT2D eigenvalue weighted by atomic mass is 10.1. The number of halogens is 1. The molecule has 2 aromatic carbocycles. The van der Waals surface area contributed by atoms with Crippen LogP contribution in [0.15, 0.2) is 42.5 Å². The van der Waals surface area contributed by atoms with E-state index >= 15 is 0 Å². The zero-order valence-corrected chi connectivity index (χ0v) is 12.9. The molecule has 3 heteroatoms. The van der Waals surface area contributed by atoms with E-state index in [2.05, 4.69) is 30.9 Å². The molecule has 0 aliphatic rings. The Bertz CT molecular complexity index is 595. The third-order valence-electron chi connectivity index (χ3n) is 3.47. The van der Waals surface area contributed by atoms with Crippen molar-refractivity contribution in [3.63, 3.8) is 0 Å². The lowest BCUT2D eigenvalue weighted by molar-refractivity contribution is 0.199. The zero-order chi connectivity index (χ0) is 14.7. The van der Waals surface area contributed by atoms with Gasteiger partial charge in [-0.3, -0.25) is 0 Å². The molecule has 0 heterocycles. The summed E-state index contributed by atoms with van der Waals surface area (Å²) in [6.45, 7) is 6.77. The first kappa shape index (κ1) is 14.9. The lowest BCUT2D eigenvalue weighted by Gasteiger charge is -2.26. The predicted molar refractivity (Wildman–Crippen MR) is 85.9 cm³/mol. The van der Waals surface area contributed by atoms with Crippen LogP contribution in [0, 0.1) is 6.92 Å². The lowest BCUT2D eigenvalue weighted by Crippen LogP contribution is -2.17. The molecule has 1 atom stereocenters. The van der Waals surface area contributed by atoms with Gasteiger partial charge in [0.2, 0.25) is 0 Å². The zero-order valence-electron chi connectivity index (χ0n) is 12.1. The molecule has 20 heavy (non-hydrogen) atoms. The van der Waals surface area contributed by atoms with Crippen molar-refractivity contribution in [2.45, 2.75) is 26.9 Å². The fraction of sp³-hybridized carbons (Fsp3) is 0.294. The van der Waals surface area contributed by atoms with Crippen molar-refractivity contribution in [3.05, 3.63) is 58.6 Å². The Labute approximate surface area is 125 Å². The van der Waals surface area contributed by atoms with Crippen LogP contribution in [-0.4, -0.2) is 11.7 Å². The second-order valence-electron chi connectivity index (χ2n) is 4.92. The largest absolute Gasteiger partial charge is 0.389 e. The Kier molecular flexibility index (Phi) is 4.69. The number of hydrogen-bond acceptors (Lipinski definition) is 2. The second kappa shape index (κ2) is 6.29. The molecule has 0 unspecified atom stereocenters. The number of anilines is 2. The minimum absolute atomic E-state index is 0.505. The summed E-state index contributed by atoms with van der Waals surface area (Å²) < 4.78 is 0. The molecule has 2 aromatic rings. The number of aryl methyl sites for hydroxylation is 1. The van der Waals surface area contributed by atoms with Crippen LogP contribution in [0.2, 0.25) is 5.02 Å². The average Bonchev–Trinajstić information content (AvgIpc) is 2.43. The summed E-state index contributed by atoms with van der Waals surface area (Å²) in [5.41, 5.74) is 4.17. The molecule has 2 nitrogen and oxygen atoms in total. The molecule has 1 N–H and O–H groups in total. The predicted octanol–water partition coefficient (Wildman–Crippen LogP) is 4.86. The van der Waals surface area contributed by atoms with Gasteiger partial charge >= 0.3 is 0 Å². The summed E-state index contributed by atoms with van der Waals surface area (Å²) in [7, 11) is 0. The van der Waals surface area contributed by atoms with Gasteiger partial charge in [0.05, 0.1) is 16.8 Å². The summed E-state index contributed by atoms with van der Waals surface area (Å²) in [4.78, 5) is 2.18. The maximum atomic E-state index is 9.62. The van der Waals surface area contributed by atoms with Crippen molar-refractivity contribution in [1.82, 2.24) is 0 Å². The highest BCUT2D eigenvalue weighted by atomic mass is 35.5. The molecule has 0 aliphatic carbocycles. The molecular formula is C17H20ClNO. The van der Waals surface area contributed by atoms with E-state index in [1.807, 2.05) is 30.3 Å². The van der Waals surface area contributed by atoms with Gasteiger partial charge in [-0.25, -0.2) is 0 Å². The fourth-order valence-electron chi connectivity index (χ4n) is 2.34. The molecule has 0 aromatic heterocycles. The fourth-order valence-corrected chi connectivity index (χ4v) is 2.63. The Morgan fingerprint density at radius 2 is 1.85 bits per heavy atom. The van der Waals surface area contributed by atoms with Crippen molar-refractivity contribution >= 4 is 23.0 Å². The van der Waals surface area contributed by atoms with Crippen LogP contribution in [-0.2, 0) is 0 Å². The molecule has 0 fully saturated rings. The Morgan fingerprint density at radius 3 is 2.40 bits per heavy atom. The summed E-state index contributed by atoms with van der Waals surface area (Å²) in [5.74, 6) is 0. The first-order chi connectivity index (χ1) is 9.54. The van der Waals surface area contributed by atoms with Crippen LogP contribution < -0.4 is 4.90 Å². The van der Waals surface area contributed by atoms with Gasteiger partial charge in [0, 0.05) is 12.2 Å². The topological polar surface area (TPSA) is 23.5 Å². The van der Waals surface area contributed by atoms with Gasteiger partial charge in [0.25, 0.3) is 0 Å². The number of aliphatic hydroxyl groups is 1. The van der Waals surface area contributed by atoms with Gasteiger partial charge in [-0.05, 0) is 50.1 Å². The Hall–Kier alpha value is -1.51. The third kappa shape index (κ3) is 2.97. The van der Waals surface area contributed by atoms with Gasteiger partial charge in [-0.2, -0.15) is 0 Å². The van der Waals surface area contributed by atoms with Gasteiger partial charge in [-0.15, -0.1) is 0 Å². The first-order valence-electron chi connectivity index (χ1n) is 6.85. The summed E-state index contributed by atoms with van der Waals surface area (Å²) in [5, 5.41) is 10.3. The van der Waals surface area contributed by atoms with Crippen molar-refractivity contribution in [2.75, 3.05) is 11.4 Å². The molecule has 0 saturated heterocycles. The van der Waals surface area contributed by atoms with Crippen LogP contribution in [0.4, 0.5) is 11.4 Å². The number of para-hydroxylation sites is 1. The van der Waals surface area contributed by atoms with Crippen molar-refractivity contribution in [1.29, 1.82) is 0 Å². The van der Waals surface area contributed by atoms with E-state index in [1.165, 1.54) is 5.56 Å². The van der Waals surface area contributed by atoms with Crippen molar-refractivity contribution in [3.8, 4) is 0 Å². The number of rotatable bonds is 4. The molecule has 0 radical (unpaired) electrons. The highest BCUT2D eigenvalue weighted by molar-refractivity contribution is 6.33. The van der Waals surface area contributed by atoms with Crippen LogP contribution in [0.5, 0.6) is 0 Å². The van der Waals surface area contributed by atoms with E-state index in [9.17, 15) is 5.11 Å². The Morgan fingerprint density at radius 1 is 1.15 bits per heavy atom. The maximum absolute atomic E-state index is 9.62. The van der Waals surface area contributed by atoms with E-state index in [-0.39, 0.29) is 0 Å². The molecule has 0 amide bonds. The van der Waals surface area contributed by atoms with Gasteiger partial charge in [-0.1, -0.05) is 35.9 Å². The summed E-state index contributed by atoms with van der Waals surface area (Å²) in [6.07, 6.45) is -0.505. The third-order valence-corrected chi connectivity index (χ3v) is 3.77. The van der Waals surface area contributed by atoms with Gasteiger partial charge in [0.15, 0.2) is 0 Å². The monoisotopic (exact) mass is 289 g/mol. The van der Waals surface area contributed by atoms with Crippen LogP contribution >= 0.6 is 11.6 Å². The standard InChI is InChI=1S/C17H20ClNO/c1-4-19(16-8-6-5-7-12(16)2)17-10-9-14(13(3)20)11-15(17)18/h5-11,13,20H,4H2,1-3H3/t13-/m0/s1. The van der Waals surface area contributed by atoms with E-state index in [1.54, 1.807) is 6.92 Å². The maximum Gasteiger partial charge on any atom is 0.0762 e. The second-order valence-corrected chi connectivity index (χ2v) is 5.32. The molecule has 0 spiro atoms. The van der Waals surface area contributed by atoms with Crippen LogP contribution in [0.3, 0.4) is 0 Å². The number of nitrogens with zero attached hydrogens (tertiary/aromatic N) is 1. The highest BCUT2D eigenvalue weighted by Gasteiger charge is 2.14. The van der Waals surface area contributed by atoms with E-state index < -0.39 is 6.10 Å². The molecule has 0 aliphatic heterocycles. The van der Waals surface area contributed by atoms with E-state index in [4.69, 9.17) is 11.6 Å². The van der Waals surface area contributed by atoms with E-state index in [0.29, 0.717) is 5.02 Å². The molecule has 0 bridgehead atoms. The quantitative estimate of drug-likeness (QED) is 0.869. The number of aliphatic hydroxyl groups excluding tert-OH is 1. The Balaban J connectivity index is 2.45. The first-order valence-corrected chi connectivity index (χ1v) is 7.23. The smallest absolute Gasteiger partial charge is 0.0762 e. The average molecular weight is 290 g/mol.